The zero-order valence-corrected chi connectivity index (χ0v) is 23.4. The SMILES string of the molecule is Cc1cc(C)nc(NS(=O)(=O)c2ccc(NC(=O)C(F)(F)C(F)(F)C(F)(F)C(F)(F)C(F)(F)C(F)(F)C(F)(F)C(F)(F)Cl)cc2)n1. The smallest absolute Gasteiger partial charge is 0.321 e. The topological polar surface area (TPSA) is 101 Å². The van der Waals surface area contributed by atoms with Gasteiger partial charge in [-0.2, -0.15) is 70.2 Å². The van der Waals surface area contributed by atoms with Crippen LogP contribution in [0.2, 0.25) is 0 Å². The van der Waals surface area contributed by atoms with E-state index in [9.17, 15) is 83.5 Å². The Morgan fingerprint density at radius 1 is 0.652 bits per heavy atom. The molecule has 0 saturated carbocycles. The summed E-state index contributed by atoms with van der Waals surface area (Å²) in [5.41, 5.74) is -0.606. The summed E-state index contributed by atoms with van der Waals surface area (Å²) in [6.45, 7) is 2.89. The molecule has 0 bridgehead atoms. The number of rotatable bonds is 12. The zero-order valence-electron chi connectivity index (χ0n) is 21.8. The second-order valence-corrected chi connectivity index (χ2v) is 11.2. The van der Waals surface area contributed by atoms with Crippen molar-refractivity contribution in [2.75, 3.05) is 10.0 Å². The van der Waals surface area contributed by atoms with Crippen LogP contribution in [0.25, 0.3) is 0 Å². The molecule has 0 atom stereocenters. The molecule has 1 heterocycles. The average Bonchev–Trinajstić information content (AvgIpc) is 2.86. The van der Waals surface area contributed by atoms with Gasteiger partial charge in [-0.15, -0.1) is 0 Å². The third kappa shape index (κ3) is 6.08. The molecule has 2 rings (SSSR count). The Morgan fingerprint density at radius 2 is 1.02 bits per heavy atom. The number of carbonyl (C=O) groups excluding carboxylic acids is 1. The average molecular weight is 741 g/mol. The van der Waals surface area contributed by atoms with Crippen molar-refractivity contribution in [2.45, 2.75) is 65.6 Å². The van der Waals surface area contributed by atoms with Crippen LogP contribution >= 0.6 is 11.6 Å². The van der Waals surface area contributed by atoms with Gasteiger partial charge in [0.15, 0.2) is 0 Å². The standard InChI is InChI=1S/C21H13ClF16N4O3S/c1-8-7-9(2)40-13(39-8)42-46(44,45)11-5-3-10(4-6-11)41-12(43)14(23,24)15(25,26)16(27,28)17(29,30)18(31,32)19(33,34)20(35,36)21(22,37)38/h3-7H,1-2H3,(H,41,43)(H,39,40,42). The van der Waals surface area contributed by atoms with Crippen molar-refractivity contribution >= 4 is 39.2 Å². The minimum Gasteiger partial charge on any atom is -0.321 e. The van der Waals surface area contributed by atoms with E-state index in [0.29, 0.717) is 29.6 Å². The quantitative estimate of drug-likeness (QED) is 0.179. The van der Waals surface area contributed by atoms with Gasteiger partial charge in [0.1, 0.15) is 0 Å². The molecule has 1 aromatic heterocycles. The van der Waals surface area contributed by atoms with Gasteiger partial charge in [0.05, 0.1) is 4.90 Å². The van der Waals surface area contributed by atoms with Crippen LogP contribution in [0.3, 0.4) is 0 Å². The van der Waals surface area contributed by atoms with E-state index in [-0.39, 0.29) is 11.4 Å². The lowest BCUT2D eigenvalue weighted by atomic mass is 9.89. The van der Waals surface area contributed by atoms with E-state index >= 15 is 0 Å². The Hall–Kier alpha value is -3.31. The summed E-state index contributed by atoms with van der Waals surface area (Å²) in [5, 5.41) is -6.21. The fourth-order valence-corrected chi connectivity index (χ4v) is 4.25. The van der Waals surface area contributed by atoms with Crippen LogP contribution in [-0.2, 0) is 14.8 Å². The van der Waals surface area contributed by atoms with Crippen LogP contribution < -0.4 is 10.0 Å². The normalized spacial score (nSPS) is 14.7. The first kappa shape index (κ1) is 38.9. The second kappa shape index (κ2) is 11.4. The van der Waals surface area contributed by atoms with Gasteiger partial charge in [-0.05, 0) is 55.8 Å². The van der Waals surface area contributed by atoms with Gasteiger partial charge < -0.3 is 5.32 Å². The predicted molar refractivity (Wildman–Crippen MR) is 123 cm³/mol. The molecule has 2 N–H and O–H groups in total. The van der Waals surface area contributed by atoms with Crippen LogP contribution in [0.1, 0.15) is 11.4 Å². The summed E-state index contributed by atoms with van der Waals surface area (Å²) in [4.78, 5) is 18.5. The number of aryl methyl sites for hydroxylation is 2. The highest BCUT2D eigenvalue weighted by Gasteiger charge is 2.95. The number of aromatic nitrogens is 2. The Labute approximate surface area is 250 Å². The molecule has 0 fully saturated rings. The molecule has 0 saturated heterocycles. The number of hydrogen-bond donors (Lipinski definition) is 2. The minimum atomic E-state index is -8.73. The number of nitrogens with zero attached hydrogens (tertiary/aromatic N) is 2. The highest BCUT2D eigenvalue weighted by molar-refractivity contribution is 7.92. The summed E-state index contributed by atoms with van der Waals surface area (Å²) in [6.07, 6.45) is 0. The summed E-state index contributed by atoms with van der Waals surface area (Å²) in [7, 11) is -4.60. The number of halogens is 17. The van der Waals surface area contributed by atoms with Gasteiger partial charge in [-0.25, -0.2) is 23.1 Å². The lowest BCUT2D eigenvalue weighted by Gasteiger charge is -2.42. The number of anilines is 2. The number of carbonyl (C=O) groups is 1. The molecular formula is C21H13ClF16N4O3S. The molecular weight excluding hydrogens is 728 g/mol. The third-order valence-corrected chi connectivity index (χ3v) is 7.22. The van der Waals surface area contributed by atoms with Crippen molar-refractivity contribution in [1.29, 1.82) is 0 Å². The van der Waals surface area contributed by atoms with Crippen molar-refractivity contribution in [3.63, 3.8) is 0 Å². The van der Waals surface area contributed by atoms with Crippen molar-refractivity contribution in [2.24, 2.45) is 0 Å². The molecule has 1 amide bonds. The molecule has 0 aliphatic carbocycles. The highest BCUT2D eigenvalue weighted by Crippen LogP contribution is 2.64. The fourth-order valence-electron chi connectivity index (χ4n) is 3.18. The molecule has 260 valence electrons. The molecule has 2 aromatic rings. The molecule has 0 aliphatic rings. The van der Waals surface area contributed by atoms with E-state index in [1.54, 1.807) is 0 Å². The van der Waals surface area contributed by atoms with E-state index in [4.69, 9.17) is 0 Å². The second-order valence-electron chi connectivity index (χ2n) is 9.08. The number of sulfonamides is 1. The number of amides is 1. The van der Waals surface area contributed by atoms with E-state index in [2.05, 4.69) is 21.6 Å². The first-order valence-corrected chi connectivity index (χ1v) is 13.1. The fraction of sp³-hybridized carbons (Fsp3) is 0.476. The van der Waals surface area contributed by atoms with E-state index < -0.39 is 79.3 Å². The van der Waals surface area contributed by atoms with Gasteiger partial charge >= 0.3 is 52.7 Å². The van der Waals surface area contributed by atoms with Crippen LogP contribution in [0, 0.1) is 13.8 Å². The monoisotopic (exact) mass is 740 g/mol. The summed E-state index contributed by atoms with van der Waals surface area (Å²) in [6, 6.07) is 2.98. The van der Waals surface area contributed by atoms with Crippen LogP contribution in [0.4, 0.5) is 81.9 Å². The van der Waals surface area contributed by atoms with E-state index in [1.165, 1.54) is 19.9 Å². The Kier molecular flexibility index (Phi) is 9.66. The molecule has 0 unspecified atom stereocenters. The zero-order chi connectivity index (χ0) is 36.3. The van der Waals surface area contributed by atoms with Gasteiger partial charge in [0.2, 0.25) is 5.95 Å². The van der Waals surface area contributed by atoms with E-state index in [0.717, 1.165) is 0 Å². The Bertz CT molecular complexity index is 1560. The summed E-state index contributed by atoms with van der Waals surface area (Å²) < 4.78 is 245. The van der Waals surface area contributed by atoms with Crippen molar-refractivity contribution in [3.8, 4) is 0 Å². The van der Waals surface area contributed by atoms with Crippen LogP contribution in [0.5, 0.6) is 0 Å². The van der Waals surface area contributed by atoms with Crippen LogP contribution in [0.15, 0.2) is 35.2 Å². The molecule has 0 radical (unpaired) electrons. The first-order valence-electron chi connectivity index (χ1n) is 11.2. The van der Waals surface area contributed by atoms with Gasteiger partial charge in [0.25, 0.3) is 10.0 Å². The van der Waals surface area contributed by atoms with Crippen molar-refractivity contribution in [3.05, 3.63) is 41.7 Å². The number of benzene rings is 1. The number of nitrogens with one attached hydrogen (secondary N) is 2. The molecule has 0 spiro atoms. The van der Waals surface area contributed by atoms with E-state index in [1.807, 2.05) is 4.72 Å². The third-order valence-electron chi connectivity index (χ3n) is 5.64. The highest BCUT2D eigenvalue weighted by atomic mass is 35.5. The molecule has 1 aromatic carbocycles. The van der Waals surface area contributed by atoms with Gasteiger partial charge in [-0.1, -0.05) is 0 Å². The molecule has 0 aliphatic heterocycles. The van der Waals surface area contributed by atoms with Gasteiger partial charge in [0, 0.05) is 17.1 Å². The van der Waals surface area contributed by atoms with Crippen molar-refractivity contribution < 1.29 is 83.5 Å². The summed E-state index contributed by atoms with van der Waals surface area (Å²) >= 11 is 3.45. The number of alkyl halides is 17. The maximum absolute atomic E-state index is 14.2. The molecule has 25 heteroatoms. The van der Waals surface area contributed by atoms with Crippen molar-refractivity contribution in [1.82, 2.24) is 9.97 Å². The van der Waals surface area contributed by atoms with Crippen LogP contribution in [-0.4, -0.2) is 71.1 Å². The number of hydrogen-bond acceptors (Lipinski definition) is 5. The maximum Gasteiger partial charge on any atom is 0.393 e. The lowest BCUT2D eigenvalue weighted by molar-refractivity contribution is -0.445. The Morgan fingerprint density at radius 3 is 1.41 bits per heavy atom. The lowest BCUT2D eigenvalue weighted by Crippen LogP contribution is -2.75. The molecule has 7 nitrogen and oxygen atoms in total. The minimum absolute atomic E-state index is 0.288. The van der Waals surface area contributed by atoms with Gasteiger partial charge in [-0.3, -0.25) is 4.79 Å². The maximum atomic E-state index is 14.2. The first-order chi connectivity index (χ1) is 20.2. The molecule has 46 heavy (non-hydrogen) atoms. The predicted octanol–water partition coefficient (Wildman–Crippen LogP) is 7.11. The largest absolute Gasteiger partial charge is 0.393 e. The Balaban J connectivity index is 2.41. The summed E-state index contributed by atoms with van der Waals surface area (Å²) in [5.74, 6) is -62.0.